The number of rotatable bonds is 5. The first-order valence-electron chi connectivity index (χ1n) is 10.1. The molecule has 26 heavy (non-hydrogen) atoms. The van der Waals surface area contributed by atoms with Crippen molar-refractivity contribution in [1.82, 2.24) is 0 Å². The average molecular weight is 542 g/mol. The Morgan fingerprint density at radius 3 is 1.62 bits per heavy atom. The van der Waals surface area contributed by atoms with Crippen molar-refractivity contribution in [2.75, 3.05) is 6.16 Å². The molecule has 1 N–H and O–H groups in total. The molecule has 0 amide bonds. The van der Waals surface area contributed by atoms with E-state index in [9.17, 15) is 5.11 Å². The Balaban J connectivity index is 0.000000791. The molecule has 1 atom stereocenters. The summed E-state index contributed by atoms with van der Waals surface area (Å²) in [7, 11) is 0. The quantitative estimate of drug-likeness (QED) is 0.480. The van der Waals surface area contributed by atoms with E-state index in [2.05, 4.69) is 60.7 Å². The Hall–Kier alpha value is -0.482. The van der Waals surface area contributed by atoms with E-state index < -0.39 is 4.90 Å². The molecule has 144 valence electrons. The number of hydrogen-bond donors (Lipinski definition) is 1. The predicted octanol–water partition coefficient (Wildman–Crippen LogP) is 5.72. The van der Waals surface area contributed by atoms with E-state index in [-0.39, 0.29) is 6.10 Å². The van der Waals surface area contributed by atoms with Gasteiger partial charge < -0.3 is 0 Å². The van der Waals surface area contributed by atoms with Crippen molar-refractivity contribution in [2.45, 2.75) is 59.5 Å². The molecule has 0 heterocycles. The van der Waals surface area contributed by atoms with Crippen LogP contribution < -0.4 is 10.6 Å². The van der Waals surface area contributed by atoms with Crippen LogP contribution in [0.15, 0.2) is 60.7 Å². The van der Waals surface area contributed by atoms with E-state index in [0.717, 1.165) is 6.16 Å². The van der Waals surface area contributed by atoms with Gasteiger partial charge in [0, 0.05) is 0 Å². The van der Waals surface area contributed by atoms with Crippen molar-refractivity contribution in [1.29, 1.82) is 0 Å². The molecule has 1 aliphatic carbocycles. The monoisotopic (exact) mass is 542 g/mol. The summed E-state index contributed by atoms with van der Waals surface area (Å²) in [4.78, 5) is -1.45. The first-order chi connectivity index (χ1) is 12.7. The van der Waals surface area contributed by atoms with Gasteiger partial charge in [0.2, 0.25) is 0 Å². The van der Waals surface area contributed by atoms with Crippen LogP contribution in [0.3, 0.4) is 0 Å². The zero-order valence-corrected chi connectivity index (χ0v) is 20.6. The second-order valence-electron chi connectivity index (χ2n) is 6.21. The summed E-state index contributed by atoms with van der Waals surface area (Å²) < 4.78 is 0. The molecule has 2 aromatic carbocycles. The molecule has 1 nitrogen and oxygen atoms in total. The van der Waals surface area contributed by atoms with E-state index >= 15 is 0 Å². The van der Waals surface area contributed by atoms with Gasteiger partial charge in [-0.3, -0.25) is 0 Å². The summed E-state index contributed by atoms with van der Waals surface area (Å²) >= 11 is 1.62. The van der Waals surface area contributed by atoms with Gasteiger partial charge in [-0.05, 0) is 0 Å². The topological polar surface area (TPSA) is 20.2 Å². The van der Waals surface area contributed by atoms with Crippen LogP contribution in [-0.4, -0.2) is 17.4 Å². The van der Waals surface area contributed by atoms with Gasteiger partial charge in [-0.15, -0.1) is 0 Å². The van der Waals surface area contributed by atoms with Crippen LogP contribution >= 0.6 is 4.90 Å². The maximum absolute atomic E-state index is 10.8. The molecule has 0 saturated heterocycles. The normalized spacial score (nSPS) is 15.3. The van der Waals surface area contributed by atoms with Crippen LogP contribution in [0.4, 0.5) is 0 Å². The van der Waals surface area contributed by atoms with Gasteiger partial charge >= 0.3 is 144 Å². The zero-order chi connectivity index (χ0) is 19.4. The molecule has 3 rings (SSSR count). The summed E-state index contributed by atoms with van der Waals surface area (Å²) in [5.41, 5.74) is 0. The summed E-state index contributed by atoms with van der Waals surface area (Å²) in [6, 6.07) is 21.8. The van der Waals surface area contributed by atoms with Crippen molar-refractivity contribution in [3.8, 4) is 0 Å². The molecule has 0 unspecified atom stereocenters. The fourth-order valence-corrected chi connectivity index (χ4v) is 10.6. The third-order valence-electron chi connectivity index (χ3n) is 4.73. The fraction of sp³-hybridized carbons (Fsp3) is 0.478. The minimum absolute atomic E-state index is 0.145. The fourth-order valence-electron chi connectivity index (χ4n) is 3.45. The van der Waals surface area contributed by atoms with Crippen molar-refractivity contribution < 1.29 is 23.9 Å². The van der Waals surface area contributed by atoms with Crippen molar-refractivity contribution in [3.63, 3.8) is 0 Å². The van der Waals surface area contributed by atoms with Gasteiger partial charge in [-0.25, -0.2) is 0 Å². The first-order valence-corrected chi connectivity index (χ1v) is 15.9. The van der Waals surface area contributed by atoms with E-state index in [1.807, 2.05) is 27.7 Å². The molecule has 2 aromatic rings. The van der Waals surface area contributed by atoms with Crippen molar-refractivity contribution >= 4 is 15.5 Å². The third kappa shape index (κ3) is 6.30. The molecular formula is C23H35OPW. The summed E-state index contributed by atoms with van der Waals surface area (Å²) in [5, 5.41) is 13.7. The van der Waals surface area contributed by atoms with Gasteiger partial charge in [0.15, 0.2) is 0 Å². The van der Waals surface area contributed by atoms with Crippen LogP contribution in [0, 0.1) is 5.92 Å². The molecule has 0 bridgehead atoms. The number of hydrogen-bond acceptors (Lipinski definition) is 1. The van der Waals surface area contributed by atoms with E-state index in [0.29, 0.717) is 5.92 Å². The molecule has 1 fully saturated rings. The Morgan fingerprint density at radius 1 is 0.846 bits per heavy atom. The SMILES string of the molecule is CC.CC.O[C@H](C[P](=[W])(c1ccccc1)c1ccccc1)C1CCCC1. The molecule has 3 heteroatoms. The van der Waals surface area contributed by atoms with E-state index in [1.54, 1.807) is 18.8 Å². The third-order valence-corrected chi connectivity index (χ3v) is 14.0. The molecule has 1 saturated carbocycles. The Kier molecular flexibility index (Phi) is 11.6. The number of aliphatic hydroxyl groups excluding tert-OH is 1. The summed E-state index contributed by atoms with van der Waals surface area (Å²) in [6.45, 7) is 8.00. The Morgan fingerprint density at radius 2 is 1.23 bits per heavy atom. The average Bonchev–Trinajstić information content (AvgIpc) is 3.27. The van der Waals surface area contributed by atoms with Crippen molar-refractivity contribution in [3.05, 3.63) is 60.7 Å². The number of aliphatic hydroxyl groups is 1. The standard InChI is InChI=1S/C19H23OP.2C2H6.W/c20-19(16-9-7-8-10-16)15-21(17-11-3-1-4-12-17)18-13-5-2-6-14-18;2*1-2;/h1-6,11-14,16,19-20H,7-10,15H2;2*1-2H3;/t19-;;;/m1.../s1. The number of benzene rings is 2. The van der Waals surface area contributed by atoms with Gasteiger partial charge in [-0.2, -0.15) is 0 Å². The van der Waals surface area contributed by atoms with Gasteiger partial charge in [0.1, 0.15) is 0 Å². The predicted molar refractivity (Wildman–Crippen MR) is 115 cm³/mol. The van der Waals surface area contributed by atoms with Gasteiger partial charge in [-0.1, -0.05) is 27.7 Å². The maximum atomic E-state index is 10.8. The minimum atomic E-state index is -1.45. The summed E-state index contributed by atoms with van der Waals surface area (Å²) in [6.07, 6.45) is 5.80. The first kappa shape index (κ1) is 23.6. The van der Waals surface area contributed by atoms with Crippen LogP contribution in [0.25, 0.3) is 0 Å². The molecule has 0 radical (unpaired) electrons. The van der Waals surface area contributed by atoms with E-state index in [1.165, 1.54) is 36.3 Å². The second-order valence-corrected chi connectivity index (χ2v) is 15.8. The van der Waals surface area contributed by atoms with Crippen LogP contribution in [-0.2, 0) is 18.8 Å². The van der Waals surface area contributed by atoms with Gasteiger partial charge in [0.25, 0.3) is 0 Å². The molecule has 0 aliphatic heterocycles. The van der Waals surface area contributed by atoms with Crippen molar-refractivity contribution in [2.24, 2.45) is 5.92 Å². The Bertz CT molecular complexity index is 592. The molecule has 0 spiro atoms. The summed E-state index contributed by atoms with van der Waals surface area (Å²) in [5.74, 6) is 0.520. The second kappa shape index (κ2) is 12.8. The molecular weight excluding hydrogens is 507 g/mol. The molecule has 0 aromatic heterocycles. The van der Waals surface area contributed by atoms with E-state index in [4.69, 9.17) is 0 Å². The van der Waals surface area contributed by atoms with Gasteiger partial charge in [0.05, 0.1) is 0 Å². The van der Waals surface area contributed by atoms with Crippen LogP contribution in [0.2, 0.25) is 0 Å². The van der Waals surface area contributed by atoms with Crippen LogP contribution in [0.5, 0.6) is 0 Å². The molecule has 1 aliphatic rings. The van der Waals surface area contributed by atoms with Crippen LogP contribution in [0.1, 0.15) is 53.4 Å². The zero-order valence-electron chi connectivity index (χ0n) is 16.8. The Labute approximate surface area is 171 Å².